The van der Waals surface area contributed by atoms with Gasteiger partial charge in [0.25, 0.3) is 0 Å². The molecule has 1 fully saturated rings. The maximum absolute atomic E-state index is 13.1. The Balaban J connectivity index is 1.57. The summed E-state index contributed by atoms with van der Waals surface area (Å²) in [7, 11) is 0. The standard InChI is InChI=1S/C22H25N3OS/c1-14-21(27-16(3)23-14)15(2)24-22(26)25-13-7-12-20(25)19-11-6-9-17-8-4-5-10-18(17)19/h4-6,8-11,15,20H,7,12-13H2,1-3H3,(H,24,26). The number of aromatic nitrogens is 1. The van der Waals surface area contributed by atoms with Gasteiger partial charge in [-0.3, -0.25) is 0 Å². The zero-order valence-corrected chi connectivity index (χ0v) is 16.8. The molecule has 140 valence electrons. The molecule has 0 spiro atoms. The van der Waals surface area contributed by atoms with Crippen LogP contribution in [-0.4, -0.2) is 22.5 Å². The molecular weight excluding hydrogens is 354 g/mol. The number of likely N-dealkylation sites (tertiary alicyclic amines) is 1. The summed E-state index contributed by atoms with van der Waals surface area (Å²) >= 11 is 1.66. The Labute approximate surface area is 164 Å². The first-order chi connectivity index (χ1) is 13.0. The molecule has 1 N–H and O–H groups in total. The Morgan fingerprint density at radius 1 is 1.22 bits per heavy atom. The van der Waals surface area contributed by atoms with E-state index in [4.69, 9.17) is 0 Å². The van der Waals surface area contributed by atoms with Gasteiger partial charge in [-0.05, 0) is 49.9 Å². The van der Waals surface area contributed by atoms with Crippen molar-refractivity contribution in [2.75, 3.05) is 6.54 Å². The van der Waals surface area contributed by atoms with E-state index in [9.17, 15) is 4.79 Å². The van der Waals surface area contributed by atoms with E-state index in [0.29, 0.717) is 0 Å². The lowest BCUT2D eigenvalue weighted by Crippen LogP contribution is -2.40. The lowest BCUT2D eigenvalue weighted by molar-refractivity contribution is 0.190. The van der Waals surface area contributed by atoms with E-state index in [1.165, 1.54) is 16.3 Å². The topological polar surface area (TPSA) is 45.2 Å². The molecule has 4 rings (SSSR count). The van der Waals surface area contributed by atoms with Gasteiger partial charge in [0.1, 0.15) is 0 Å². The van der Waals surface area contributed by atoms with Crippen molar-refractivity contribution in [3.8, 4) is 0 Å². The molecular formula is C22H25N3OS. The van der Waals surface area contributed by atoms with Crippen LogP contribution in [0.5, 0.6) is 0 Å². The lowest BCUT2D eigenvalue weighted by atomic mass is 9.97. The summed E-state index contributed by atoms with van der Waals surface area (Å²) in [6, 6.07) is 14.9. The van der Waals surface area contributed by atoms with Crippen LogP contribution in [0.2, 0.25) is 0 Å². The Hall–Kier alpha value is -2.40. The zero-order chi connectivity index (χ0) is 19.0. The molecule has 0 saturated carbocycles. The van der Waals surface area contributed by atoms with Crippen LogP contribution in [0.4, 0.5) is 4.79 Å². The third kappa shape index (κ3) is 3.44. The van der Waals surface area contributed by atoms with Gasteiger partial charge in [-0.25, -0.2) is 9.78 Å². The number of aryl methyl sites for hydroxylation is 2. The van der Waals surface area contributed by atoms with Crippen LogP contribution in [0.3, 0.4) is 0 Å². The quantitative estimate of drug-likeness (QED) is 0.651. The largest absolute Gasteiger partial charge is 0.331 e. The van der Waals surface area contributed by atoms with Crippen LogP contribution in [0.1, 0.15) is 53.0 Å². The average molecular weight is 380 g/mol. The van der Waals surface area contributed by atoms with E-state index in [0.717, 1.165) is 35.0 Å². The van der Waals surface area contributed by atoms with Crippen LogP contribution in [0.25, 0.3) is 10.8 Å². The van der Waals surface area contributed by atoms with E-state index in [2.05, 4.69) is 52.8 Å². The molecule has 5 heteroatoms. The van der Waals surface area contributed by atoms with Gasteiger partial charge in [-0.15, -0.1) is 11.3 Å². The highest BCUT2D eigenvalue weighted by Crippen LogP contribution is 2.36. The second kappa shape index (κ2) is 7.31. The van der Waals surface area contributed by atoms with Crippen LogP contribution in [0, 0.1) is 13.8 Å². The molecule has 3 aromatic rings. The summed E-state index contributed by atoms with van der Waals surface area (Å²) < 4.78 is 0. The molecule has 2 heterocycles. The maximum atomic E-state index is 13.1. The third-order valence-corrected chi connectivity index (χ3v) is 6.62. The number of fused-ring (bicyclic) bond motifs is 1. The fraction of sp³-hybridized carbons (Fsp3) is 0.364. The molecule has 1 aliphatic heterocycles. The number of benzene rings is 2. The number of hydrogen-bond acceptors (Lipinski definition) is 3. The molecule has 27 heavy (non-hydrogen) atoms. The van der Waals surface area contributed by atoms with Crippen molar-refractivity contribution < 1.29 is 4.79 Å². The second-order valence-electron chi connectivity index (χ2n) is 7.27. The van der Waals surface area contributed by atoms with Crippen LogP contribution in [0.15, 0.2) is 42.5 Å². The van der Waals surface area contributed by atoms with Crippen molar-refractivity contribution in [1.82, 2.24) is 15.2 Å². The molecule has 2 aromatic carbocycles. The Bertz CT molecular complexity index is 975. The number of carbonyl (C=O) groups excluding carboxylic acids is 1. The smallest absolute Gasteiger partial charge is 0.318 e. The Kier molecular flexibility index (Phi) is 4.87. The van der Waals surface area contributed by atoms with E-state index < -0.39 is 0 Å². The lowest BCUT2D eigenvalue weighted by Gasteiger charge is -2.28. The van der Waals surface area contributed by atoms with Gasteiger partial charge >= 0.3 is 6.03 Å². The normalized spacial score (nSPS) is 18.0. The molecule has 2 atom stereocenters. The minimum absolute atomic E-state index is 0.0170. The molecule has 2 amide bonds. The van der Waals surface area contributed by atoms with Crippen molar-refractivity contribution in [3.05, 3.63) is 63.6 Å². The van der Waals surface area contributed by atoms with Gasteiger partial charge in [0.15, 0.2) is 0 Å². The summed E-state index contributed by atoms with van der Waals surface area (Å²) in [6.45, 7) is 6.86. The molecule has 0 bridgehead atoms. The van der Waals surface area contributed by atoms with Crippen molar-refractivity contribution in [1.29, 1.82) is 0 Å². The maximum Gasteiger partial charge on any atom is 0.318 e. The van der Waals surface area contributed by atoms with Gasteiger partial charge < -0.3 is 10.2 Å². The fourth-order valence-electron chi connectivity index (χ4n) is 4.16. The van der Waals surface area contributed by atoms with Crippen LogP contribution < -0.4 is 5.32 Å². The molecule has 0 radical (unpaired) electrons. The highest BCUT2D eigenvalue weighted by atomic mass is 32.1. The van der Waals surface area contributed by atoms with E-state index in [1.807, 2.05) is 25.7 Å². The van der Waals surface area contributed by atoms with Crippen molar-refractivity contribution in [2.24, 2.45) is 0 Å². The van der Waals surface area contributed by atoms with Crippen LogP contribution >= 0.6 is 11.3 Å². The molecule has 1 aliphatic rings. The predicted molar refractivity (Wildman–Crippen MR) is 111 cm³/mol. The minimum Gasteiger partial charge on any atom is -0.331 e. The number of nitrogens with one attached hydrogen (secondary N) is 1. The molecule has 0 aliphatic carbocycles. The van der Waals surface area contributed by atoms with Gasteiger partial charge in [-0.2, -0.15) is 0 Å². The minimum atomic E-state index is -0.0301. The molecule has 4 nitrogen and oxygen atoms in total. The highest BCUT2D eigenvalue weighted by Gasteiger charge is 2.32. The van der Waals surface area contributed by atoms with Gasteiger partial charge in [0.2, 0.25) is 0 Å². The van der Waals surface area contributed by atoms with Crippen LogP contribution in [-0.2, 0) is 0 Å². The van der Waals surface area contributed by atoms with Gasteiger partial charge in [0, 0.05) is 11.4 Å². The summed E-state index contributed by atoms with van der Waals surface area (Å²) in [6.07, 6.45) is 2.04. The van der Waals surface area contributed by atoms with Gasteiger partial charge in [0.05, 0.1) is 22.8 Å². The average Bonchev–Trinajstić information content (AvgIpc) is 3.27. The first kappa shape index (κ1) is 18.0. The first-order valence-electron chi connectivity index (χ1n) is 9.53. The van der Waals surface area contributed by atoms with E-state index in [-0.39, 0.29) is 18.1 Å². The Morgan fingerprint density at radius 2 is 2.00 bits per heavy atom. The monoisotopic (exact) mass is 379 g/mol. The number of nitrogens with zero attached hydrogens (tertiary/aromatic N) is 2. The number of urea groups is 1. The van der Waals surface area contributed by atoms with E-state index >= 15 is 0 Å². The number of amides is 2. The summed E-state index contributed by atoms with van der Waals surface area (Å²) in [4.78, 5) is 20.7. The van der Waals surface area contributed by atoms with Crippen molar-refractivity contribution >= 4 is 28.1 Å². The fourth-order valence-corrected chi connectivity index (χ4v) is 5.09. The number of hydrogen-bond donors (Lipinski definition) is 1. The number of rotatable bonds is 3. The molecule has 1 saturated heterocycles. The summed E-state index contributed by atoms with van der Waals surface area (Å²) in [5, 5.41) is 6.71. The summed E-state index contributed by atoms with van der Waals surface area (Å²) in [5.74, 6) is 0. The molecule has 1 aromatic heterocycles. The first-order valence-corrected chi connectivity index (χ1v) is 10.3. The molecule has 2 unspecified atom stereocenters. The van der Waals surface area contributed by atoms with Crippen molar-refractivity contribution in [3.63, 3.8) is 0 Å². The zero-order valence-electron chi connectivity index (χ0n) is 16.0. The SMILES string of the molecule is Cc1nc(C)c(C(C)NC(=O)N2CCCC2c2cccc3ccccc23)s1. The predicted octanol–water partition coefficient (Wildman–Crippen LogP) is 5.52. The summed E-state index contributed by atoms with van der Waals surface area (Å²) in [5.41, 5.74) is 2.26. The number of carbonyl (C=O) groups is 1. The highest BCUT2D eigenvalue weighted by molar-refractivity contribution is 7.11. The second-order valence-corrected chi connectivity index (χ2v) is 8.51. The van der Waals surface area contributed by atoms with E-state index in [1.54, 1.807) is 11.3 Å². The van der Waals surface area contributed by atoms with Gasteiger partial charge in [-0.1, -0.05) is 42.5 Å². The third-order valence-electron chi connectivity index (χ3n) is 5.37. The Morgan fingerprint density at radius 3 is 2.78 bits per heavy atom. The van der Waals surface area contributed by atoms with Crippen molar-refractivity contribution in [2.45, 2.75) is 45.7 Å². The number of thiazole rings is 1.